The van der Waals surface area contributed by atoms with Crippen molar-refractivity contribution in [3.8, 4) is 0 Å². The molecule has 3 heteroatoms. The van der Waals surface area contributed by atoms with Crippen molar-refractivity contribution in [2.75, 3.05) is 0 Å². The van der Waals surface area contributed by atoms with E-state index in [1.807, 2.05) is 0 Å². The number of rotatable bonds is 2. The molecule has 0 bridgehead atoms. The molecule has 72 valence electrons. The Balaban J connectivity index is 1.90. The Kier molecular flexibility index (Phi) is 2.36. The number of carbonyl (C=O) groups excluding carboxylic acids is 1. The van der Waals surface area contributed by atoms with Gasteiger partial charge in [0.15, 0.2) is 0 Å². The van der Waals surface area contributed by atoms with Crippen LogP contribution >= 0.6 is 0 Å². The maximum Gasteiger partial charge on any atom is 0.308 e. The molecule has 0 amide bonds. The average Bonchev–Trinajstić information content (AvgIpc) is 2.57. The van der Waals surface area contributed by atoms with Crippen LogP contribution in [0.25, 0.3) is 0 Å². The molecule has 2 saturated heterocycles. The van der Waals surface area contributed by atoms with Crippen molar-refractivity contribution >= 4 is 5.97 Å². The lowest BCUT2D eigenvalue weighted by Gasteiger charge is -2.04. The summed E-state index contributed by atoms with van der Waals surface area (Å²) in [6.45, 7) is 2.09. The summed E-state index contributed by atoms with van der Waals surface area (Å²) in [6.07, 6.45) is 6.61. The van der Waals surface area contributed by atoms with E-state index in [1.54, 1.807) is 0 Å². The van der Waals surface area contributed by atoms with Crippen LogP contribution in [0.2, 0.25) is 0 Å². The van der Waals surface area contributed by atoms with Crippen molar-refractivity contribution < 1.29 is 14.3 Å². The minimum Gasteiger partial charge on any atom is -0.459 e. The first kappa shape index (κ1) is 8.75. The highest BCUT2D eigenvalue weighted by Crippen LogP contribution is 2.31. The molecule has 0 aromatic carbocycles. The summed E-state index contributed by atoms with van der Waals surface area (Å²) in [5.41, 5.74) is 0. The van der Waals surface area contributed by atoms with Gasteiger partial charge < -0.3 is 9.47 Å². The van der Waals surface area contributed by atoms with Crippen LogP contribution in [-0.2, 0) is 14.3 Å². The Morgan fingerprint density at radius 2 is 2.38 bits per heavy atom. The van der Waals surface area contributed by atoms with E-state index in [1.165, 1.54) is 0 Å². The monoisotopic (exact) mass is 182 g/mol. The van der Waals surface area contributed by atoms with Gasteiger partial charge in [-0.25, -0.2) is 0 Å². The smallest absolute Gasteiger partial charge is 0.308 e. The van der Waals surface area contributed by atoms with Crippen LogP contribution in [0, 0.1) is 0 Å². The van der Waals surface area contributed by atoms with Crippen LogP contribution in [0.4, 0.5) is 0 Å². The first-order valence-corrected chi connectivity index (χ1v) is 4.81. The molecule has 0 radical (unpaired) electrons. The normalized spacial score (nSPS) is 38.2. The van der Waals surface area contributed by atoms with Gasteiger partial charge in [-0.15, -0.1) is 0 Å². The third kappa shape index (κ3) is 1.75. The van der Waals surface area contributed by atoms with Gasteiger partial charge >= 0.3 is 5.97 Å². The lowest BCUT2D eigenvalue weighted by Crippen LogP contribution is -2.13. The van der Waals surface area contributed by atoms with Gasteiger partial charge in [-0.2, -0.15) is 0 Å². The highest BCUT2D eigenvalue weighted by Gasteiger charge is 2.43. The topological polar surface area (TPSA) is 35.5 Å². The maximum atomic E-state index is 10.9. The zero-order chi connectivity index (χ0) is 9.26. The van der Waals surface area contributed by atoms with E-state index in [0.29, 0.717) is 6.42 Å². The molecule has 0 spiro atoms. The second-order valence-electron chi connectivity index (χ2n) is 3.52. The molecule has 2 heterocycles. The predicted molar refractivity (Wildman–Crippen MR) is 47.2 cm³/mol. The second kappa shape index (κ2) is 3.50. The molecule has 0 unspecified atom stereocenters. The molecule has 2 aliphatic rings. The van der Waals surface area contributed by atoms with E-state index in [0.717, 1.165) is 12.8 Å². The van der Waals surface area contributed by atoms with E-state index in [9.17, 15) is 4.79 Å². The Labute approximate surface area is 77.7 Å². The Morgan fingerprint density at radius 1 is 1.54 bits per heavy atom. The summed E-state index contributed by atoms with van der Waals surface area (Å²) in [4.78, 5) is 10.9. The van der Waals surface area contributed by atoms with E-state index in [2.05, 4.69) is 19.1 Å². The molecule has 3 atom stereocenters. The van der Waals surface area contributed by atoms with Crippen LogP contribution in [0.5, 0.6) is 0 Å². The van der Waals surface area contributed by atoms with Crippen molar-refractivity contribution in [1.82, 2.24) is 0 Å². The third-order valence-electron chi connectivity index (χ3n) is 2.47. The number of allylic oxidation sites excluding steroid dienone is 1. The summed E-state index contributed by atoms with van der Waals surface area (Å²) in [5.74, 6) is -0.118. The molecular formula is C10H14O3. The first-order chi connectivity index (χ1) is 6.29. The molecule has 0 N–H and O–H groups in total. The molecule has 0 aromatic heterocycles. The summed E-state index contributed by atoms with van der Waals surface area (Å²) < 4.78 is 10.7. The zero-order valence-corrected chi connectivity index (χ0v) is 7.73. The molecule has 0 aromatic rings. The quantitative estimate of drug-likeness (QED) is 0.478. The summed E-state index contributed by atoms with van der Waals surface area (Å²) in [5, 5.41) is 0. The fraction of sp³-hybridized carbons (Fsp3) is 0.700. The molecule has 13 heavy (non-hydrogen) atoms. The fourth-order valence-corrected chi connectivity index (χ4v) is 1.85. The SMILES string of the molecule is CC/C=C/[C@@H]1C[C@H]2OC(=O)C[C@H]2O1. The summed E-state index contributed by atoms with van der Waals surface area (Å²) in [7, 11) is 0. The number of esters is 1. The van der Waals surface area contributed by atoms with E-state index >= 15 is 0 Å². The van der Waals surface area contributed by atoms with Crippen molar-refractivity contribution in [2.45, 2.75) is 44.5 Å². The highest BCUT2D eigenvalue weighted by atomic mass is 16.6. The largest absolute Gasteiger partial charge is 0.459 e. The van der Waals surface area contributed by atoms with Crippen molar-refractivity contribution in [3.63, 3.8) is 0 Å². The van der Waals surface area contributed by atoms with E-state index in [-0.39, 0.29) is 24.3 Å². The van der Waals surface area contributed by atoms with Crippen molar-refractivity contribution in [1.29, 1.82) is 0 Å². The standard InChI is InChI=1S/C10H14O3/c1-2-3-4-7-5-8-9(12-7)6-10(11)13-8/h3-4,7-9H,2,5-6H2,1H3/b4-3+/t7-,8-,9-/m1/s1. The van der Waals surface area contributed by atoms with Crippen LogP contribution in [0.1, 0.15) is 26.2 Å². The zero-order valence-electron chi connectivity index (χ0n) is 7.73. The molecule has 2 rings (SSSR count). The summed E-state index contributed by atoms with van der Waals surface area (Å²) >= 11 is 0. The van der Waals surface area contributed by atoms with Gasteiger partial charge in [-0.1, -0.05) is 19.1 Å². The van der Waals surface area contributed by atoms with Crippen LogP contribution in [0.15, 0.2) is 12.2 Å². The fourth-order valence-electron chi connectivity index (χ4n) is 1.85. The van der Waals surface area contributed by atoms with Crippen LogP contribution in [-0.4, -0.2) is 24.3 Å². The van der Waals surface area contributed by atoms with Gasteiger partial charge in [0.2, 0.25) is 0 Å². The molecule has 2 fully saturated rings. The van der Waals surface area contributed by atoms with Gasteiger partial charge in [0, 0.05) is 6.42 Å². The lowest BCUT2D eigenvalue weighted by molar-refractivity contribution is -0.141. The molecule has 0 saturated carbocycles. The predicted octanol–water partition coefficient (Wildman–Crippen LogP) is 1.43. The summed E-state index contributed by atoms with van der Waals surface area (Å²) in [6, 6.07) is 0. The second-order valence-corrected chi connectivity index (χ2v) is 3.52. The van der Waals surface area contributed by atoms with Gasteiger partial charge in [-0.3, -0.25) is 4.79 Å². The van der Waals surface area contributed by atoms with Crippen LogP contribution in [0.3, 0.4) is 0 Å². The molecule has 0 aliphatic carbocycles. The van der Waals surface area contributed by atoms with Gasteiger partial charge in [0.05, 0.1) is 12.5 Å². The molecular weight excluding hydrogens is 168 g/mol. The third-order valence-corrected chi connectivity index (χ3v) is 2.47. The number of hydrogen-bond donors (Lipinski definition) is 0. The van der Waals surface area contributed by atoms with Gasteiger partial charge in [0.1, 0.15) is 12.2 Å². The number of ether oxygens (including phenoxy) is 2. The first-order valence-electron chi connectivity index (χ1n) is 4.81. The van der Waals surface area contributed by atoms with Crippen molar-refractivity contribution in [3.05, 3.63) is 12.2 Å². The lowest BCUT2D eigenvalue weighted by atomic mass is 10.1. The minimum absolute atomic E-state index is 0.0130. The van der Waals surface area contributed by atoms with E-state index in [4.69, 9.17) is 9.47 Å². The van der Waals surface area contributed by atoms with E-state index < -0.39 is 0 Å². The number of hydrogen-bond acceptors (Lipinski definition) is 3. The van der Waals surface area contributed by atoms with Gasteiger partial charge in [-0.05, 0) is 6.42 Å². The molecule has 2 aliphatic heterocycles. The maximum absolute atomic E-state index is 10.9. The molecule has 3 nitrogen and oxygen atoms in total. The van der Waals surface area contributed by atoms with Crippen LogP contribution < -0.4 is 0 Å². The Bertz CT molecular complexity index is 218. The Morgan fingerprint density at radius 3 is 3.08 bits per heavy atom. The minimum atomic E-state index is -0.118. The highest BCUT2D eigenvalue weighted by molar-refractivity contribution is 5.72. The number of carbonyl (C=O) groups is 1. The average molecular weight is 182 g/mol. The van der Waals surface area contributed by atoms with Crippen molar-refractivity contribution in [2.24, 2.45) is 0 Å². The Hall–Kier alpha value is -0.830. The number of fused-ring (bicyclic) bond motifs is 1. The van der Waals surface area contributed by atoms with Gasteiger partial charge in [0.25, 0.3) is 0 Å².